The molecule has 3 N–H and O–H groups in total. The molecular formula is C13H18N2O4. The van der Waals surface area contributed by atoms with E-state index in [2.05, 4.69) is 5.32 Å². The molecule has 1 heterocycles. The average molecular weight is 266 g/mol. The van der Waals surface area contributed by atoms with E-state index in [9.17, 15) is 4.79 Å². The highest BCUT2D eigenvalue weighted by molar-refractivity contribution is 5.96. The van der Waals surface area contributed by atoms with Crippen molar-refractivity contribution in [2.24, 2.45) is 0 Å². The summed E-state index contributed by atoms with van der Waals surface area (Å²) in [4.78, 5) is 11.7. The van der Waals surface area contributed by atoms with Gasteiger partial charge in [-0.1, -0.05) is 0 Å². The largest absolute Gasteiger partial charge is 0.465 e. The van der Waals surface area contributed by atoms with Crippen LogP contribution in [0.4, 0.5) is 11.4 Å². The third-order valence-electron chi connectivity index (χ3n) is 2.85. The van der Waals surface area contributed by atoms with Gasteiger partial charge in [0.25, 0.3) is 0 Å². The Balaban J connectivity index is 2.04. The lowest BCUT2D eigenvalue weighted by atomic mass is 10.1. The van der Waals surface area contributed by atoms with Crippen LogP contribution in [-0.4, -0.2) is 45.5 Å². The van der Waals surface area contributed by atoms with Crippen molar-refractivity contribution >= 4 is 17.3 Å². The maximum absolute atomic E-state index is 11.7. The lowest BCUT2D eigenvalue weighted by Gasteiger charge is -2.24. The molecule has 0 spiro atoms. The first-order chi connectivity index (χ1) is 9.20. The van der Waals surface area contributed by atoms with Crippen molar-refractivity contribution in [1.82, 2.24) is 0 Å². The molecule has 6 heteroatoms. The van der Waals surface area contributed by atoms with Crippen LogP contribution in [-0.2, 0) is 14.2 Å². The Bertz CT molecular complexity index is 444. The Morgan fingerprint density at radius 3 is 3.05 bits per heavy atom. The Morgan fingerprint density at radius 1 is 1.53 bits per heavy atom. The lowest BCUT2D eigenvalue weighted by molar-refractivity contribution is -0.0818. The number of rotatable bonds is 4. The van der Waals surface area contributed by atoms with E-state index >= 15 is 0 Å². The zero-order valence-electron chi connectivity index (χ0n) is 10.8. The fraction of sp³-hybridized carbons (Fsp3) is 0.462. The maximum Gasteiger partial charge on any atom is 0.340 e. The molecule has 1 aliphatic heterocycles. The third kappa shape index (κ3) is 3.59. The van der Waals surface area contributed by atoms with Gasteiger partial charge in [-0.2, -0.15) is 0 Å². The quantitative estimate of drug-likeness (QED) is 0.622. The van der Waals surface area contributed by atoms with Gasteiger partial charge < -0.3 is 25.3 Å². The predicted molar refractivity (Wildman–Crippen MR) is 71.2 cm³/mol. The summed E-state index contributed by atoms with van der Waals surface area (Å²) < 4.78 is 15.6. The number of carbonyl (C=O) groups excluding carboxylic acids is 1. The minimum atomic E-state index is -0.421. The van der Waals surface area contributed by atoms with Gasteiger partial charge in [-0.05, 0) is 18.2 Å². The topological polar surface area (TPSA) is 82.8 Å². The average Bonchev–Trinajstić information content (AvgIpc) is 2.46. The summed E-state index contributed by atoms with van der Waals surface area (Å²) in [5.41, 5.74) is 7.29. The zero-order chi connectivity index (χ0) is 13.7. The number of carbonyl (C=O) groups is 1. The van der Waals surface area contributed by atoms with E-state index in [0.717, 1.165) is 0 Å². The molecule has 1 atom stereocenters. The van der Waals surface area contributed by atoms with Gasteiger partial charge in [0.1, 0.15) is 0 Å². The Kier molecular flexibility index (Phi) is 4.59. The maximum atomic E-state index is 11.7. The van der Waals surface area contributed by atoms with Gasteiger partial charge in [0.05, 0.1) is 38.6 Å². The number of esters is 1. The molecule has 1 fully saturated rings. The molecule has 104 valence electrons. The summed E-state index contributed by atoms with van der Waals surface area (Å²) in [6.45, 7) is 2.34. The predicted octanol–water partition coefficient (Wildman–Crippen LogP) is 0.883. The van der Waals surface area contributed by atoms with Crippen molar-refractivity contribution in [3.63, 3.8) is 0 Å². The van der Waals surface area contributed by atoms with Crippen molar-refractivity contribution in [1.29, 1.82) is 0 Å². The number of benzene rings is 1. The molecule has 19 heavy (non-hydrogen) atoms. The normalized spacial score (nSPS) is 18.9. The van der Waals surface area contributed by atoms with Gasteiger partial charge in [-0.15, -0.1) is 0 Å². The van der Waals surface area contributed by atoms with Crippen LogP contribution in [0.1, 0.15) is 10.4 Å². The van der Waals surface area contributed by atoms with Gasteiger partial charge >= 0.3 is 5.97 Å². The van der Waals surface area contributed by atoms with Crippen LogP contribution >= 0.6 is 0 Å². The molecule has 2 rings (SSSR count). The third-order valence-corrected chi connectivity index (χ3v) is 2.85. The summed E-state index contributed by atoms with van der Waals surface area (Å²) in [5.74, 6) is -0.421. The molecule has 1 aromatic rings. The minimum Gasteiger partial charge on any atom is -0.465 e. The van der Waals surface area contributed by atoms with E-state index in [-0.39, 0.29) is 6.10 Å². The second-order valence-corrected chi connectivity index (χ2v) is 4.25. The highest BCUT2D eigenvalue weighted by Crippen LogP contribution is 2.20. The molecular weight excluding hydrogens is 248 g/mol. The summed E-state index contributed by atoms with van der Waals surface area (Å²) >= 11 is 0. The summed E-state index contributed by atoms with van der Waals surface area (Å²) in [5, 5.41) is 3.16. The number of ether oxygens (including phenoxy) is 3. The van der Waals surface area contributed by atoms with Crippen molar-refractivity contribution in [3.05, 3.63) is 23.8 Å². The zero-order valence-corrected chi connectivity index (χ0v) is 10.8. The van der Waals surface area contributed by atoms with Gasteiger partial charge in [0, 0.05) is 17.9 Å². The number of nitrogens with two attached hydrogens (primary N) is 1. The van der Waals surface area contributed by atoms with E-state index in [1.165, 1.54) is 7.11 Å². The SMILES string of the molecule is COC(=O)c1cc(N)ccc1NCC1COCCO1. The standard InChI is InChI=1S/C13H18N2O4/c1-17-13(16)11-6-9(14)2-3-12(11)15-7-10-8-18-4-5-19-10/h2-3,6,10,15H,4-5,7-8,14H2,1H3. The molecule has 0 bridgehead atoms. The number of methoxy groups -OCH3 is 1. The highest BCUT2D eigenvalue weighted by atomic mass is 16.6. The summed E-state index contributed by atoms with van der Waals surface area (Å²) in [6, 6.07) is 5.07. The number of nitrogen functional groups attached to an aromatic ring is 1. The van der Waals surface area contributed by atoms with Gasteiger partial charge in [0.2, 0.25) is 0 Å². The second kappa shape index (κ2) is 6.40. The van der Waals surface area contributed by atoms with Crippen molar-refractivity contribution in [3.8, 4) is 0 Å². The van der Waals surface area contributed by atoms with Crippen LogP contribution in [0.25, 0.3) is 0 Å². The van der Waals surface area contributed by atoms with Crippen LogP contribution in [0.5, 0.6) is 0 Å². The van der Waals surface area contributed by atoms with Crippen molar-refractivity contribution in [2.45, 2.75) is 6.10 Å². The minimum absolute atomic E-state index is 0.0169. The molecule has 1 unspecified atom stereocenters. The van der Waals surface area contributed by atoms with Crippen LogP contribution in [0.15, 0.2) is 18.2 Å². The fourth-order valence-electron chi connectivity index (χ4n) is 1.87. The van der Waals surface area contributed by atoms with Gasteiger partial charge in [-0.3, -0.25) is 0 Å². The van der Waals surface area contributed by atoms with Crippen LogP contribution in [0.3, 0.4) is 0 Å². The summed E-state index contributed by atoms with van der Waals surface area (Å²) in [6.07, 6.45) is -0.0169. The highest BCUT2D eigenvalue weighted by Gasteiger charge is 2.16. The molecule has 0 saturated carbocycles. The molecule has 0 amide bonds. The Labute approximate surface area is 111 Å². The molecule has 1 aromatic carbocycles. The number of nitrogens with one attached hydrogen (secondary N) is 1. The van der Waals surface area contributed by atoms with E-state index in [1.54, 1.807) is 18.2 Å². The Hall–Kier alpha value is -1.79. The Morgan fingerprint density at radius 2 is 2.37 bits per heavy atom. The number of hydrogen-bond acceptors (Lipinski definition) is 6. The fourth-order valence-corrected chi connectivity index (χ4v) is 1.87. The summed E-state index contributed by atoms with van der Waals surface area (Å²) in [7, 11) is 1.34. The molecule has 6 nitrogen and oxygen atoms in total. The van der Waals surface area contributed by atoms with E-state index in [0.29, 0.717) is 43.3 Å². The smallest absolute Gasteiger partial charge is 0.340 e. The van der Waals surface area contributed by atoms with Crippen LogP contribution in [0.2, 0.25) is 0 Å². The first-order valence-corrected chi connectivity index (χ1v) is 6.11. The molecule has 0 radical (unpaired) electrons. The van der Waals surface area contributed by atoms with Crippen LogP contribution < -0.4 is 11.1 Å². The second-order valence-electron chi connectivity index (χ2n) is 4.25. The number of anilines is 2. The molecule has 1 saturated heterocycles. The van der Waals surface area contributed by atoms with Crippen molar-refractivity contribution in [2.75, 3.05) is 44.5 Å². The van der Waals surface area contributed by atoms with Gasteiger partial charge in [-0.25, -0.2) is 4.79 Å². The van der Waals surface area contributed by atoms with E-state index < -0.39 is 5.97 Å². The van der Waals surface area contributed by atoms with Crippen LogP contribution in [0, 0.1) is 0 Å². The monoisotopic (exact) mass is 266 g/mol. The molecule has 0 aromatic heterocycles. The van der Waals surface area contributed by atoms with E-state index in [1.807, 2.05) is 0 Å². The lowest BCUT2D eigenvalue weighted by Crippen LogP contribution is -2.34. The molecule has 1 aliphatic rings. The first kappa shape index (κ1) is 13.6. The number of hydrogen-bond donors (Lipinski definition) is 2. The first-order valence-electron chi connectivity index (χ1n) is 6.11. The molecule has 0 aliphatic carbocycles. The van der Waals surface area contributed by atoms with Gasteiger partial charge in [0.15, 0.2) is 0 Å². The van der Waals surface area contributed by atoms with Crippen molar-refractivity contribution < 1.29 is 19.0 Å². The van der Waals surface area contributed by atoms with E-state index in [4.69, 9.17) is 19.9 Å².